The number of hydrogen-bond acceptors (Lipinski definition) is 3. The number of aromatic nitrogens is 1. The molecule has 1 aromatic heterocycles. The quantitative estimate of drug-likeness (QED) is 0.786. The Labute approximate surface area is 140 Å². The lowest BCUT2D eigenvalue weighted by Gasteiger charge is -2.18. The topological polar surface area (TPSA) is 24.9 Å². The number of rotatable bonds is 4. The van der Waals surface area contributed by atoms with Gasteiger partial charge < -0.3 is 5.32 Å². The van der Waals surface area contributed by atoms with Crippen LogP contribution in [0.2, 0.25) is 0 Å². The number of benzene rings is 1. The summed E-state index contributed by atoms with van der Waals surface area (Å²) in [5, 5.41) is 4.62. The Morgan fingerprint density at radius 2 is 1.81 bits per heavy atom. The van der Waals surface area contributed by atoms with Gasteiger partial charge >= 0.3 is 0 Å². The zero-order chi connectivity index (χ0) is 15.6. The van der Waals surface area contributed by atoms with Crippen LogP contribution in [-0.4, -0.2) is 11.0 Å². The molecule has 0 aliphatic heterocycles. The van der Waals surface area contributed by atoms with Crippen LogP contribution in [0.15, 0.2) is 28.7 Å². The van der Waals surface area contributed by atoms with Gasteiger partial charge in [-0.25, -0.2) is 4.98 Å². The van der Waals surface area contributed by atoms with Gasteiger partial charge in [-0.3, -0.25) is 0 Å². The molecule has 0 unspecified atom stereocenters. The van der Waals surface area contributed by atoms with Gasteiger partial charge in [-0.1, -0.05) is 62.7 Å². The molecule has 0 atom stereocenters. The summed E-state index contributed by atoms with van der Waals surface area (Å²) < 4.78 is 1.10. The maximum absolute atomic E-state index is 4.92. The molecule has 2 nitrogen and oxygen atoms in total. The zero-order valence-corrected chi connectivity index (χ0v) is 15.7. The van der Waals surface area contributed by atoms with E-state index < -0.39 is 0 Å². The number of nitrogens with one attached hydrogen (secondary N) is 1. The second-order valence-corrected chi connectivity index (χ2v) is 8.58. The van der Waals surface area contributed by atoms with E-state index in [0.29, 0.717) is 6.04 Å². The van der Waals surface area contributed by atoms with Gasteiger partial charge in [0.05, 0.1) is 5.69 Å². The van der Waals surface area contributed by atoms with Gasteiger partial charge in [0.2, 0.25) is 0 Å². The monoisotopic (exact) mass is 366 g/mol. The van der Waals surface area contributed by atoms with Crippen molar-refractivity contribution < 1.29 is 0 Å². The van der Waals surface area contributed by atoms with Crippen LogP contribution in [0.3, 0.4) is 0 Å². The van der Waals surface area contributed by atoms with Crippen LogP contribution < -0.4 is 5.32 Å². The summed E-state index contributed by atoms with van der Waals surface area (Å²) in [4.78, 5) is 6.26. The van der Waals surface area contributed by atoms with Crippen LogP contribution in [0.1, 0.15) is 45.2 Å². The van der Waals surface area contributed by atoms with Crippen LogP contribution in [0, 0.1) is 0 Å². The van der Waals surface area contributed by atoms with Gasteiger partial charge in [0.25, 0.3) is 0 Å². The number of nitrogens with zero attached hydrogens (tertiary/aromatic N) is 1. The minimum Gasteiger partial charge on any atom is -0.310 e. The highest BCUT2D eigenvalue weighted by Crippen LogP contribution is 2.34. The van der Waals surface area contributed by atoms with E-state index in [9.17, 15) is 0 Å². The summed E-state index contributed by atoms with van der Waals surface area (Å²) in [6, 6.07) is 8.86. The Bertz CT molecular complexity index is 594. The van der Waals surface area contributed by atoms with E-state index in [2.05, 4.69) is 80.1 Å². The van der Waals surface area contributed by atoms with Gasteiger partial charge in [0, 0.05) is 32.9 Å². The first kappa shape index (κ1) is 16.7. The number of thiazole rings is 1. The molecule has 0 fully saturated rings. The second-order valence-electron chi connectivity index (χ2n) is 6.58. The van der Waals surface area contributed by atoms with E-state index in [4.69, 9.17) is 4.98 Å². The Balaban J connectivity index is 2.37. The van der Waals surface area contributed by atoms with Crippen molar-refractivity contribution in [2.75, 3.05) is 0 Å². The van der Waals surface area contributed by atoms with E-state index in [1.54, 1.807) is 11.3 Å². The van der Waals surface area contributed by atoms with Crippen LogP contribution in [0.4, 0.5) is 0 Å². The predicted molar refractivity (Wildman–Crippen MR) is 95.9 cm³/mol. The lowest BCUT2D eigenvalue weighted by molar-refractivity contribution is 0.546. The molecule has 0 radical (unpaired) electrons. The third-order valence-corrected chi connectivity index (χ3v) is 4.80. The van der Waals surface area contributed by atoms with Gasteiger partial charge in [-0.2, -0.15) is 0 Å². The fourth-order valence-corrected chi connectivity index (χ4v) is 3.56. The predicted octanol–water partition coefficient (Wildman–Crippen LogP) is 5.37. The molecule has 0 spiro atoms. The molecule has 2 aromatic rings. The highest BCUT2D eigenvalue weighted by atomic mass is 79.9. The number of hydrogen-bond donors (Lipinski definition) is 1. The Morgan fingerprint density at radius 3 is 2.33 bits per heavy atom. The molecular formula is C17H23BrN2S. The number of halogens is 1. The fraction of sp³-hybridized carbons (Fsp3) is 0.471. The summed E-state index contributed by atoms with van der Waals surface area (Å²) in [6.07, 6.45) is 0. The maximum Gasteiger partial charge on any atom is 0.123 e. The van der Waals surface area contributed by atoms with Gasteiger partial charge in [-0.05, 0) is 12.1 Å². The normalized spacial score (nSPS) is 12.1. The fourth-order valence-electron chi connectivity index (χ4n) is 2.07. The first-order valence-electron chi connectivity index (χ1n) is 7.27. The smallest absolute Gasteiger partial charge is 0.123 e. The average Bonchev–Trinajstić information content (AvgIpc) is 2.81. The van der Waals surface area contributed by atoms with Crippen LogP contribution in [0.5, 0.6) is 0 Å². The van der Waals surface area contributed by atoms with Crippen molar-refractivity contribution >= 4 is 27.3 Å². The lowest BCUT2D eigenvalue weighted by atomic mass is 9.91. The van der Waals surface area contributed by atoms with Crippen molar-refractivity contribution in [3.63, 3.8) is 0 Å². The SMILES string of the molecule is CC(C)NCc1sc(-c2ccc(Br)cc2)nc1C(C)(C)C. The largest absolute Gasteiger partial charge is 0.310 e. The van der Waals surface area contributed by atoms with Crippen molar-refractivity contribution in [3.8, 4) is 10.6 Å². The van der Waals surface area contributed by atoms with Crippen molar-refractivity contribution in [3.05, 3.63) is 39.3 Å². The van der Waals surface area contributed by atoms with Crippen molar-refractivity contribution in [2.45, 2.75) is 52.6 Å². The van der Waals surface area contributed by atoms with Gasteiger partial charge in [-0.15, -0.1) is 11.3 Å². The highest BCUT2D eigenvalue weighted by Gasteiger charge is 2.23. The lowest BCUT2D eigenvalue weighted by Crippen LogP contribution is -2.23. The molecule has 2 rings (SSSR count). The van der Waals surface area contributed by atoms with Crippen molar-refractivity contribution in [2.24, 2.45) is 0 Å². The summed E-state index contributed by atoms with van der Waals surface area (Å²) in [5.74, 6) is 0. The van der Waals surface area contributed by atoms with Crippen LogP contribution in [0.25, 0.3) is 10.6 Å². The average molecular weight is 367 g/mol. The molecule has 1 heterocycles. The molecule has 21 heavy (non-hydrogen) atoms. The van der Waals surface area contributed by atoms with Crippen molar-refractivity contribution in [1.29, 1.82) is 0 Å². The summed E-state index contributed by atoms with van der Waals surface area (Å²) in [6.45, 7) is 11.9. The third-order valence-electron chi connectivity index (χ3n) is 3.17. The molecule has 4 heteroatoms. The zero-order valence-electron chi connectivity index (χ0n) is 13.3. The van der Waals surface area contributed by atoms with Gasteiger partial charge in [0.1, 0.15) is 5.01 Å². The molecule has 0 bridgehead atoms. The molecule has 0 saturated carbocycles. The van der Waals surface area contributed by atoms with E-state index >= 15 is 0 Å². The maximum atomic E-state index is 4.92. The van der Waals surface area contributed by atoms with Crippen LogP contribution >= 0.6 is 27.3 Å². The van der Waals surface area contributed by atoms with Crippen LogP contribution in [-0.2, 0) is 12.0 Å². The van der Waals surface area contributed by atoms with E-state index in [0.717, 1.165) is 16.0 Å². The molecule has 114 valence electrons. The Hall–Kier alpha value is -0.710. The minimum atomic E-state index is 0.0676. The Morgan fingerprint density at radius 1 is 1.19 bits per heavy atom. The molecule has 0 amide bonds. The molecule has 1 aromatic carbocycles. The molecule has 0 aliphatic carbocycles. The molecule has 0 aliphatic rings. The highest BCUT2D eigenvalue weighted by molar-refractivity contribution is 9.10. The molecular weight excluding hydrogens is 344 g/mol. The second kappa shape index (κ2) is 6.59. The molecule has 0 saturated heterocycles. The first-order valence-corrected chi connectivity index (χ1v) is 8.88. The summed E-state index contributed by atoms with van der Waals surface area (Å²) in [7, 11) is 0. The summed E-state index contributed by atoms with van der Waals surface area (Å²) in [5.41, 5.74) is 2.46. The minimum absolute atomic E-state index is 0.0676. The third kappa shape index (κ3) is 4.38. The summed E-state index contributed by atoms with van der Waals surface area (Å²) >= 11 is 5.28. The van der Waals surface area contributed by atoms with Crippen molar-refractivity contribution in [1.82, 2.24) is 10.3 Å². The van der Waals surface area contributed by atoms with Gasteiger partial charge in [0.15, 0.2) is 0 Å². The standard InChI is InChI=1S/C17H23BrN2S/c1-11(2)19-10-14-15(17(3,4)5)20-16(21-14)12-6-8-13(18)9-7-12/h6-9,11,19H,10H2,1-5H3. The van der Waals surface area contributed by atoms with E-state index in [-0.39, 0.29) is 5.41 Å². The first-order chi connectivity index (χ1) is 9.77. The Kier molecular flexibility index (Phi) is 5.23. The van der Waals surface area contributed by atoms with E-state index in [1.807, 2.05) is 0 Å². The molecule has 1 N–H and O–H groups in total. The van der Waals surface area contributed by atoms with E-state index in [1.165, 1.54) is 16.1 Å².